The maximum Gasteiger partial charge on any atom is 0.261 e. The molecule has 1 aromatic heterocycles. The molecular weight excluding hydrogens is 397 g/mol. The van der Waals surface area contributed by atoms with Gasteiger partial charge in [-0.1, -0.05) is 0 Å². The first kappa shape index (κ1) is 18.9. The Morgan fingerprint density at radius 2 is 1.63 bits per heavy atom. The van der Waals surface area contributed by atoms with Crippen LogP contribution in [0.25, 0.3) is 5.69 Å². The summed E-state index contributed by atoms with van der Waals surface area (Å²) in [5, 5.41) is 10.9. The first-order valence-electron chi connectivity index (χ1n) is 7.46. The Morgan fingerprint density at radius 3 is 2.19 bits per heavy atom. The molecule has 0 saturated carbocycles. The number of nitrogens with zero attached hydrogens (tertiary/aromatic N) is 4. The molecular formula is C15H14FN5O4S2. The van der Waals surface area contributed by atoms with E-state index in [0.717, 1.165) is 24.5 Å². The summed E-state index contributed by atoms with van der Waals surface area (Å²) in [6.07, 6.45) is 1.01. The molecule has 3 rings (SSSR count). The van der Waals surface area contributed by atoms with E-state index < -0.39 is 25.7 Å². The molecule has 2 aromatic carbocycles. The number of benzene rings is 2. The maximum absolute atomic E-state index is 14.1. The van der Waals surface area contributed by atoms with E-state index in [1.165, 1.54) is 28.9 Å². The van der Waals surface area contributed by atoms with E-state index in [1.807, 2.05) is 0 Å². The van der Waals surface area contributed by atoms with Crippen LogP contribution in [0.1, 0.15) is 5.82 Å². The third kappa shape index (κ3) is 3.95. The number of nitrogens with one attached hydrogen (secondary N) is 1. The van der Waals surface area contributed by atoms with E-state index >= 15 is 0 Å². The van der Waals surface area contributed by atoms with Crippen molar-refractivity contribution >= 4 is 25.5 Å². The van der Waals surface area contributed by atoms with Crippen LogP contribution >= 0.6 is 0 Å². The van der Waals surface area contributed by atoms with Crippen molar-refractivity contribution in [3.05, 3.63) is 54.1 Å². The van der Waals surface area contributed by atoms with Crippen molar-refractivity contribution in [3.8, 4) is 5.69 Å². The molecule has 0 radical (unpaired) electrons. The standard InChI is InChI=1S/C15H14FN5O4S2/c1-10-17-19-20-21(10)11-3-8-14(16)15(9-11)18-27(24,25)13-6-4-12(5-7-13)26(2,22)23/h3-9,18H,1-2H3. The number of anilines is 1. The summed E-state index contributed by atoms with van der Waals surface area (Å²) in [5.41, 5.74) is 0.0682. The number of hydrogen-bond donors (Lipinski definition) is 1. The summed E-state index contributed by atoms with van der Waals surface area (Å²) in [5.74, 6) is -0.354. The van der Waals surface area contributed by atoms with Crippen molar-refractivity contribution in [1.82, 2.24) is 20.2 Å². The molecule has 142 valence electrons. The van der Waals surface area contributed by atoms with Gasteiger partial charge in [-0.15, -0.1) is 5.10 Å². The summed E-state index contributed by atoms with van der Waals surface area (Å²) >= 11 is 0. The van der Waals surface area contributed by atoms with E-state index in [-0.39, 0.29) is 15.5 Å². The lowest BCUT2D eigenvalue weighted by Crippen LogP contribution is -2.14. The summed E-state index contributed by atoms with van der Waals surface area (Å²) in [6.45, 7) is 1.64. The Morgan fingerprint density at radius 1 is 1.00 bits per heavy atom. The zero-order valence-electron chi connectivity index (χ0n) is 14.2. The number of hydrogen-bond acceptors (Lipinski definition) is 7. The number of sulfone groups is 1. The Hall–Kier alpha value is -2.86. The Bertz CT molecular complexity index is 1210. The summed E-state index contributed by atoms with van der Waals surface area (Å²) in [4.78, 5) is -0.234. The minimum absolute atomic E-state index is 0.0243. The van der Waals surface area contributed by atoms with Gasteiger partial charge in [0.15, 0.2) is 15.7 Å². The topological polar surface area (TPSA) is 124 Å². The SMILES string of the molecule is Cc1nnnn1-c1ccc(F)c(NS(=O)(=O)c2ccc(S(C)(=O)=O)cc2)c1. The summed E-state index contributed by atoms with van der Waals surface area (Å²) < 4.78 is 65.5. The number of aryl methyl sites for hydroxylation is 1. The predicted molar refractivity (Wildman–Crippen MR) is 94.2 cm³/mol. The molecule has 0 aliphatic heterocycles. The second kappa shape index (κ2) is 6.70. The monoisotopic (exact) mass is 411 g/mol. The normalized spacial score (nSPS) is 12.1. The maximum atomic E-state index is 14.1. The van der Waals surface area contributed by atoms with E-state index in [2.05, 4.69) is 20.2 Å². The highest BCUT2D eigenvalue weighted by molar-refractivity contribution is 7.92. The predicted octanol–water partition coefficient (Wildman–Crippen LogP) is 1.31. The molecule has 0 amide bonds. The van der Waals surface area contributed by atoms with Crippen LogP contribution in [0.2, 0.25) is 0 Å². The summed E-state index contributed by atoms with van der Waals surface area (Å²) in [6, 6.07) is 8.33. The Kier molecular flexibility index (Phi) is 4.70. The third-order valence-electron chi connectivity index (χ3n) is 3.63. The second-order valence-electron chi connectivity index (χ2n) is 5.65. The van der Waals surface area contributed by atoms with Gasteiger partial charge in [0.05, 0.1) is 21.2 Å². The van der Waals surface area contributed by atoms with Crippen LogP contribution in [0.15, 0.2) is 52.3 Å². The fourth-order valence-electron chi connectivity index (χ4n) is 2.26. The molecule has 0 aliphatic carbocycles. The van der Waals surface area contributed by atoms with E-state index in [0.29, 0.717) is 11.5 Å². The molecule has 9 nitrogen and oxygen atoms in total. The van der Waals surface area contributed by atoms with Gasteiger partial charge in [0, 0.05) is 6.26 Å². The quantitative estimate of drug-likeness (QED) is 0.671. The molecule has 0 bridgehead atoms. The number of halogens is 1. The fourth-order valence-corrected chi connectivity index (χ4v) is 3.95. The van der Waals surface area contributed by atoms with Crippen LogP contribution in [0.3, 0.4) is 0 Å². The van der Waals surface area contributed by atoms with Gasteiger partial charge in [0.25, 0.3) is 10.0 Å². The van der Waals surface area contributed by atoms with Crippen molar-refractivity contribution in [2.75, 3.05) is 11.0 Å². The van der Waals surface area contributed by atoms with E-state index in [4.69, 9.17) is 0 Å². The molecule has 27 heavy (non-hydrogen) atoms. The number of tetrazole rings is 1. The molecule has 3 aromatic rings. The zero-order valence-corrected chi connectivity index (χ0v) is 15.8. The molecule has 1 N–H and O–H groups in total. The van der Waals surface area contributed by atoms with Crippen molar-refractivity contribution < 1.29 is 21.2 Å². The fraction of sp³-hybridized carbons (Fsp3) is 0.133. The molecule has 0 fully saturated rings. The lowest BCUT2D eigenvalue weighted by molar-refractivity contribution is 0.596. The van der Waals surface area contributed by atoms with Crippen LogP contribution in [0, 0.1) is 12.7 Å². The minimum Gasteiger partial charge on any atom is -0.277 e. The average molecular weight is 411 g/mol. The Labute approximate surface area is 154 Å². The third-order valence-corrected chi connectivity index (χ3v) is 6.14. The van der Waals surface area contributed by atoms with Crippen molar-refractivity contribution in [3.63, 3.8) is 0 Å². The van der Waals surface area contributed by atoms with Gasteiger partial charge in [-0.2, -0.15) is 4.68 Å². The van der Waals surface area contributed by atoms with Gasteiger partial charge in [-0.3, -0.25) is 4.72 Å². The van der Waals surface area contributed by atoms with Gasteiger partial charge >= 0.3 is 0 Å². The molecule has 12 heteroatoms. The largest absolute Gasteiger partial charge is 0.277 e. The van der Waals surface area contributed by atoms with Crippen LogP contribution in [0.4, 0.5) is 10.1 Å². The molecule has 0 spiro atoms. The van der Waals surface area contributed by atoms with Gasteiger partial charge in [-0.05, 0) is 59.8 Å². The van der Waals surface area contributed by atoms with Crippen LogP contribution in [-0.2, 0) is 19.9 Å². The smallest absolute Gasteiger partial charge is 0.261 e. The number of aromatic nitrogens is 4. The van der Waals surface area contributed by atoms with Gasteiger partial charge in [-0.25, -0.2) is 21.2 Å². The number of rotatable bonds is 5. The van der Waals surface area contributed by atoms with Crippen LogP contribution in [0.5, 0.6) is 0 Å². The number of sulfonamides is 1. The minimum atomic E-state index is -4.14. The summed E-state index contributed by atoms with van der Waals surface area (Å²) in [7, 11) is -7.60. The van der Waals surface area contributed by atoms with Crippen LogP contribution in [-0.4, -0.2) is 43.3 Å². The lowest BCUT2D eigenvalue weighted by Gasteiger charge is -2.11. The highest BCUT2D eigenvalue weighted by Gasteiger charge is 2.18. The van der Waals surface area contributed by atoms with E-state index in [1.54, 1.807) is 6.92 Å². The van der Waals surface area contributed by atoms with Crippen molar-refractivity contribution in [2.24, 2.45) is 0 Å². The lowest BCUT2D eigenvalue weighted by atomic mass is 10.2. The molecule has 0 saturated heterocycles. The first-order chi connectivity index (χ1) is 12.6. The molecule has 1 heterocycles. The average Bonchev–Trinajstić information content (AvgIpc) is 3.02. The first-order valence-corrected chi connectivity index (χ1v) is 10.8. The van der Waals surface area contributed by atoms with Gasteiger partial charge in [0.2, 0.25) is 0 Å². The van der Waals surface area contributed by atoms with Gasteiger partial charge in [0.1, 0.15) is 5.82 Å². The van der Waals surface area contributed by atoms with Crippen molar-refractivity contribution in [2.45, 2.75) is 16.7 Å². The van der Waals surface area contributed by atoms with Crippen LogP contribution < -0.4 is 4.72 Å². The molecule has 0 aliphatic rings. The zero-order chi connectivity index (χ0) is 19.8. The highest BCUT2D eigenvalue weighted by atomic mass is 32.2. The van der Waals surface area contributed by atoms with Crippen molar-refractivity contribution in [1.29, 1.82) is 0 Å². The van der Waals surface area contributed by atoms with E-state index in [9.17, 15) is 21.2 Å². The highest BCUT2D eigenvalue weighted by Crippen LogP contribution is 2.23. The Balaban J connectivity index is 1.95. The second-order valence-corrected chi connectivity index (χ2v) is 9.35. The van der Waals surface area contributed by atoms with Gasteiger partial charge < -0.3 is 0 Å². The molecule has 0 unspecified atom stereocenters. The molecule has 0 atom stereocenters.